The molecule has 192 valence electrons. The minimum Gasteiger partial charge on any atom is -0.497 e. The number of hydrogen-bond donors (Lipinski definition) is 1. The number of methoxy groups -OCH3 is 1. The van der Waals surface area contributed by atoms with E-state index >= 15 is 0 Å². The second-order valence-corrected chi connectivity index (χ2v) is 9.60. The van der Waals surface area contributed by atoms with Crippen molar-refractivity contribution in [2.24, 2.45) is 0 Å². The molecule has 3 aromatic rings. The van der Waals surface area contributed by atoms with Crippen molar-refractivity contribution in [3.8, 4) is 5.75 Å². The zero-order chi connectivity index (χ0) is 26.3. The van der Waals surface area contributed by atoms with E-state index in [1.54, 1.807) is 47.1 Å². The number of ether oxygens (including phenoxy) is 1. The van der Waals surface area contributed by atoms with E-state index in [1.165, 1.54) is 7.11 Å². The van der Waals surface area contributed by atoms with Crippen molar-refractivity contribution in [2.45, 2.75) is 45.1 Å². The third kappa shape index (κ3) is 4.32. The van der Waals surface area contributed by atoms with E-state index in [9.17, 15) is 19.2 Å². The molecule has 4 heterocycles. The summed E-state index contributed by atoms with van der Waals surface area (Å²) in [6.45, 7) is 4.39. The van der Waals surface area contributed by atoms with Crippen molar-refractivity contribution in [2.75, 3.05) is 25.1 Å². The van der Waals surface area contributed by atoms with Gasteiger partial charge in [-0.2, -0.15) is 0 Å². The van der Waals surface area contributed by atoms with Crippen LogP contribution in [0.3, 0.4) is 0 Å². The maximum absolute atomic E-state index is 13.5. The van der Waals surface area contributed by atoms with Gasteiger partial charge in [0.05, 0.1) is 7.11 Å². The van der Waals surface area contributed by atoms with Crippen molar-refractivity contribution in [3.05, 3.63) is 53.3 Å². The molecule has 2 aliphatic rings. The molecule has 1 saturated heterocycles. The number of nitrogens with one attached hydrogen (secondary N) is 1. The molecule has 0 bridgehead atoms. The number of fused-ring (bicyclic) bond motifs is 2. The minimum atomic E-state index is -1.39. The van der Waals surface area contributed by atoms with Crippen LogP contribution < -0.4 is 15.0 Å². The minimum absolute atomic E-state index is 0.00189. The average Bonchev–Trinajstić information content (AvgIpc) is 3.43. The highest BCUT2D eigenvalue weighted by Crippen LogP contribution is 2.35. The molecule has 1 fully saturated rings. The molecule has 0 aliphatic carbocycles. The number of carbonyl (C=O) groups excluding carboxylic acids is 4. The molecule has 2 aliphatic heterocycles. The molecule has 0 radical (unpaired) electrons. The van der Waals surface area contributed by atoms with Gasteiger partial charge in [-0.25, -0.2) is 4.98 Å². The second kappa shape index (κ2) is 9.34. The highest BCUT2D eigenvalue weighted by Gasteiger charge is 2.44. The Morgan fingerprint density at radius 1 is 1.19 bits per heavy atom. The fraction of sp³-hybridized carbons (Fsp3) is 0.370. The number of β-lactam (4-membered cyclic amide) rings is 1. The Morgan fingerprint density at radius 3 is 2.68 bits per heavy atom. The maximum atomic E-state index is 13.5. The number of anilines is 1. The zero-order valence-corrected chi connectivity index (χ0v) is 21.0. The zero-order valence-electron chi connectivity index (χ0n) is 21.0. The van der Waals surface area contributed by atoms with Gasteiger partial charge in [0, 0.05) is 44.1 Å². The van der Waals surface area contributed by atoms with Crippen molar-refractivity contribution in [1.29, 1.82) is 0 Å². The van der Waals surface area contributed by atoms with Gasteiger partial charge in [0.1, 0.15) is 28.3 Å². The van der Waals surface area contributed by atoms with E-state index < -0.39 is 17.2 Å². The normalized spacial score (nSPS) is 16.4. The fourth-order valence-electron chi connectivity index (χ4n) is 4.69. The summed E-state index contributed by atoms with van der Waals surface area (Å²) in [7, 11) is 1.53. The van der Waals surface area contributed by atoms with Crippen LogP contribution in [0.25, 0.3) is 11.1 Å². The Hall–Kier alpha value is -4.21. The molecule has 10 nitrogen and oxygen atoms in total. The van der Waals surface area contributed by atoms with Crippen LogP contribution in [-0.2, 0) is 26.3 Å². The van der Waals surface area contributed by atoms with Crippen LogP contribution in [-0.4, -0.2) is 53.7 Å². The smallest absolute Gasteiger partial charge is 0.254 e. The molecule has 2 aromatic heterocycles. The molecule has 10 heteroatoms. The lowest BCUT2D eigenvalue weighted by atomic mass is 9.85. The van der Waals surface area contributed by atoms with E-state index in [4.69, 9.17) is 9.15 Å². The molecule has 1 atom stereocenters. The Bertz CT molecular complexity index is 1430. The number of nitrogens with zero attached hydrogens (tertiary/aromatic N) is 3. The van der Waals surface area contributed by atoms with Gasteiger partial charge < -0.3 is 14.1 Å². The van der Waals surface area contributed by atoms with Gasteiger partial charge in [-0.15, -0.1) is 0 Å². The second-order valence-electron chi connectivity index (χ2n) is 9.60. The number of aromatic nitrogens is 1. The fourth-order valence-corrected chi connectivity index (χ4v) is 4.69. The van der Waals surface area contributed by atoms with Crippen LogP contribution in [0, 0.1) is 0 Å². The van der Waals surface area contributed by atoms with Crippen molar-refractivity contribution in [1.82, 2.24) is 15.2 Å². The predicted octanol–water partition coefficient (Wildman–Crippen LogP) is 2.93. The number of carbonyl (C=O) groups is 4. The van der Waals surface area contributed by atoms with Crippen LogP contribution in [0.4, 0.5) is 5.82 Å². The van der Waals surface area contributed by atoms with Gasteiger partial charge in [-0.05, 0) is 43.2 Å². The summed E-state index contributed by atoms with van der Waals surface area (Å²) in [6, 6.07) is 10.3. The molecular formula is C27H28N4O6. The van der Waals surface area contributed by atoms with Gasteiger partial charge in [0.15, 0.2) is 5.58 Å². The Labute approximate surface area is 213 Å². The Balaban J connectivity index is 1.49. The van der Waals surface area contributed by atoms with Crippen LogP contribution in [0.2, 0.25) is 0 Å². The molecule has 37 heavy (non-hydrogen) atoms. The molecule has 0 saturated carbocycles. The van der Waals surface area contributed by atoms with Gasteiger partial charge in [0.25, 0.3) is 5.91 Å². The number of hydrogen-bond acceptors (Lipinski definition) is 7. The first-order valence-corrected chi connectivity index (χ1v) is 12.3. The quantitative estimate of drug-likeness (QED) is 0.468. The Kier molecular flexibility index (Phi) is 6.18. The summed E-state index contributed by atoms with van der Waals surface area (Å²) in [4.78, 5) is 58.7. The van der Waals surface area contributed by atoms with Crippen molar-refractivity contribution in [3.63, 3.8) is 0 Å². The number of imide groups is 1. The summed E-state index contributed by atoms with van der Waals surface area (Å²) in [6.07, 6.45) is 1.27. The van der Waals surface area contributed by atoms with Crippen LogP contribution in [0.15, 0.2) is 40.8 Å². The summed E-state index contributed by atoms with van der Waals surface area (Å²) in [5, 5.41) is 2.48. The van der Waals surface area contributed by atoms with Crippen molar-refractivity contribution >= 4 is 40.5 Å². The SMILES string of the molecule is CCCC(=O)NC(=O)C(C)(CN1Cc2ccc(OC)cc2C1=O)c1cc2nc(N3CCC3=O)ccc2o1. The number of rotatable bonds is 8. The van der Waals surface area contributed by atoms with Crippen LogP contribution in [0.5, 0.6) is 5.75 Å². The summed E-state index contributed by atoms with van der Waals surface area (Å²) in [5.41, 5.74) is 0.863. The number of pyridine rings is 1. The highest BCUT2D eigenvalue weighted by molar-refractivity contribution is 6.03. The van der Waals surface area contributed by atoms with Crippen molar-refractivity contribution < 1.29 is 28.3 Å². The van der Waals surface area contributed by atoms with E-state index in [0.29, 0.717) is 54.2 Å². The number of furan rings is 1. The lowest BCUT2D eigenvalue weighted by molar-refractivity contribution is -0.134. The van der Waals surface area contributed by atoms with E-state index in [-0.39, 0.29) is 30.5 Å². The Morgan fingerprint density at radius 2 is 2.00 bits per heavy atom. The van der Waals surface area contributed by atoms with E-state index in [0.717, 1.165) is 5.56 Å². The largest absolute Gasteiger partial charge is 0.497 e. The summed E-state index contributed by atoms with van der Waals surface area (Å²) >= 11 is 0. The first kappa shape index (κ1) is 24.5. The van der Waals surface area contributed by atoms with Crippen LogP contribution in [0.1, 0.15) is 54.8 Å². The molecule has 5 rings (SSSR count). The average molecular weight is 505 g/mol. The predicted molar refractivity (Wildman–Crippen MR) is 134 cm³/mol. The number of benzene rings is 1. The third-order valence-corrected chi connectivity index (χ3v) is 6.96. The van der Waals surface area contributed by atoms with Gasteiger partial charge in [-0.1, -0.05) is 13.0 Å². The van der Waals surface area contributed by atoms with Gasteiger partial charge in [0.2, 0.25) is 17.7 Å². The van der Waals surface area contributed by atoms with E-state index in [1.807, 2.05) is 13.0 Å². The van der Waals surface area contributed by atoms with E-state index in [2.05, 4.69) is 10.3 Å². The number of amides is 4. The van der Waals surface area contributed by atoms with Gasteiger partial charge in [-0.3, -0.25) is 29.4 Å². The third-order valence-electron chi connectivity index (χ3n) is 6.96. The molecule has 1 unspecified atom stereocenters. The molecule has 1 N–H and O–H groups in total. The molecule has 1 aromatic carbocycles. The first-order valence-electron chi connectivity index (χ1n) is 12.3. The monoisotopic (exact) mass is 504 g/mol. The lowest BCUT2D eigenvalue weighted by Gasteiger charge is -2.30. The van der Waals surface area contributed by atoms with Crippen LogP contribution >= 0.6 is 0 Å². The summed E-state index contributed by atoms with van der Waals surface area (Å²) < 4.78 is 11.3. The molecule has 4 amide bonds. The lowest BCUT2D eigenvalue weighted by Crippen LogP contribution is -2.51. The topological polar surface area (TPSA) is 122 Å². The molecule has 0 spiro atoms. The standard InChI is InChI=1S/C27H28N4O6/c1-4-5-23(32)29-26(35)27(2,15-30-14-16-6-7-17(36-3)12-18(16)25(30)34)21-13-19-20(37-21)8-9-22(28-19)31-11-10-24(31)33/h6-9,12-13H,4-5,10-11,14-15H2,1-3H3,(H,29,32,35). The van der Waals surface area contributed by atoms with Gasteiger partial charge >= 0.3 is 0 Å². The first-order chi connectivity index (χ1) is 17.7. The summed E-state index contributed by atoms with van der Waals surface area (Å²) in [5.74, 6) is 0.152. The molecular weight excluding hydrogens is 476 g/mol. The maximum Gasteiger partial charge on any atom is 0.254 e. The highest BCUT2D eigenvalue weighted by atomic mass is 16.5.